The quantitative estimate of drug-likeness (QED) is 0.413. The molecule has 9 heteroatoms. The number of para-hydroxylation sites is 1. The normalized spacial score (nSPS) is 12.8. The molecule has 1 aliphatic heterocycles. The lowest BCUT2D eigenvalue weighted by Crippen LogP contribution is -2.32. The van der Waals surface area contributed by atoms with Crippen LogP contribution in [0, 0.1) is 0 Å². The molecule has 2 aromatic heterocycles. The number of carbonyl (C=O) groups excluding carboxylic acids is 1. The van der Waals surface area contributed by atoms with Crippen LogP contribution in [0.5, 0.6) is 5.75 Å². The van der Waals surface area contributed by atoms with Crippen molar-refractivity contribution in [3.8, 4) is 5.75 Å². The van der Waals surface area contributed by atoms with Crippen LogP contribution in [0.1, 0.15) is 21.5 Å². The third-order valence-electron chi connectivity index (χ3n) is 5.02. The fraction of sp³-hybridized carbons (Fsp3) is 0.0455. The number of aromatic nitrogens is 1. The largest absolute Gasteiger partial charge is 0.506 e. The van der Waals surface area contributed by atoms with Crippen molar-refractivity contribution in [2.45, 2.75) is 11.4 Å². The van der Waals surface area contributed by atoms with Crippen LogP contribution < -0.4 is 16.0 Å². The second-order valence-electron chi connectivity index (χ2n) is 6.93. The third-order valence-corrected chi connectivity index (χ3v) is 6.94. The Balaban J connectivity index is 1.72. The Morgan fingerprint density at radius 3 is 2.65 bits per heavy atom. The van der Waals surface area contributed by atoms with Crippen molar-refractivity contribution in [1.29, 1.82) is 0 Å². The van der Waals surface area contributed by atoms with Crippen LogP contribution >= 0.6 is 23.3 Å². The molecule has 4 aromatic rings. The highest BCUT2D eigenvalue weighted by Gasteiger charge is 2.26. The Hall–Kier alpha value is -3.56. The molecule has 0 radical (unpaired) electrons. The van der Waals surface area contributed by atoms with E-state index in [4.69, 9.17) is 5.73 Å². The van der Waals surface area contributed by atoms with Gasteiger partial charge < -0.3 is 20.1 Å². The number of aromatic hydroxyl groups is 1. The van der Waals surface area contributed by atoms with E-state index >= 15 is 0 Å². The number of aliphatic imine (C=N–C) groups is 1. The van der Waals surface area contributed by atoms with Gasteiger partial charge in [0.2, 0.25) is 0 Å². The molecule has 1 amide bonds. The zero-order chi connectivity index (χ0) is 21.5. The lowest BCUT2D eigenvalue weighted by Gasteiger charge is -2.19. The molecule has 0 aliphatic carbocycles. The van der Waals surface area contributed by atoms with Crippen LogP contribution in [0.3, 0.4) is 0 Å². The first-order valence-electron chi connectivity index (χ1n) is 9.36. The Labute approximate surface area is 185 Å². The molecule has 31 heavy (non-hydrogen) atoms. The number of amidine groups is 1. The number of hydrogen-bond donors (Lipinski definition) is 3. The predicted molar refractivity (Wildman–Crippen MR) is 123 cm³/mol. The van der Waals surface area contributed by atoms with Crippen LogP contribution in [-0.4, -0.2) is 21.4 Å². The van der Waals surface area contributed by atoms with E-state index in [1.54, 1.807) is 16.0 Å². The predicted octanol–water partition coefficient (Wildman–Crippen LogP) is 3.60. The lowest BCUT2D eigenvalue weighted by atomic mass is 10.1. The molecular weight excluding hydrogens is 432 g/mol. The molecule has 4 N–H and O–H groups in total. The first-order chi connectivity index (χ1) is 15.0. The summed E-state index contributed by atoms with van der Waals surface area (Å²) in [6.07, 6.45) is 0. The molecule has 0 unspecified atom stereocenters. The monoisotopic (exact) mass is 448 g/mol. The molecule has 0 atom stereocenters. The number of rotatable bonds is 4. The van der Waals surface area contributed by atoms with E-state index in [-0.39, 0.29) is 22.7 Å². The topological polar surface area (TPSA) is 110 Å². The molecule has 154 valence electrons. The van der Waals surface area contributed by atoms with E-state index in [0.717, 1.165) is 17.5 Å². The number of nitrogens with zero attached hydrogens (tertiary/aromatic N) is 2. The molecule has 0 spiro atoms. The molecule has 5 rings (SSSR count). The van der Waals surface area contributed by atoms with Crippen LogP contribution in [0.4, 0.5) is 5.00 Å². The molecule has 7 nitrogen and oxygen atoms in total. The van der Waals surface area contributed by atoms with Crippen molar-refractivity contribution in [3.63, 3.8) is 0 Å². The minimum absolute atomic E-state index is 0.0850. The van der Waals surface area contributed by atoms with Gasteiger partial charge in [0.05, 0.1) is 22.5 Å². The van der Waals surface area contributed by atoms with Gasteiger partial charge in [-0.25, -0.2) is 4.99 Å². The van der Waals surface area contributed by atoms with Gasteiger partial charge in [0.1, 0.15) is 16.3 Å². The minimum Gasteiger partial charge on any atom is -0.506 e. The van der Waals surface area contributed by atoms with Crippen molar-refractivity contribution in [2.75, 3.05) is 0 Å². The highest BCUT2D eigenvalue weighted by molar-refractivity contribution is 7.98. The summed E-state index contributed by atoms with van der Waals surface area (Å²) in [5.74, 6) is -0.429. The molecule has 0 saturated heterocycles. The van der Waals surface area contributed by atoms with Crippen LogP contribution in [0.25, 0.3) is 10.9 Å². The van der Waals surface area contributed by atoms with Crippen molar-refractivity contribution < 1.29 is 9.90 Å². The first kappa shape index (κ1) is 19.4. The van der Waals surface area contributed by atoms with Gasteiger partial charge in [0.25, 0.3) is 11.5 Å². The molecule has 2 aromatic carbocycles. The third kappa shape index (κ3) is 3.28. The van der Waals surface area contributed by atoms with Gasteiger partial charge >= 0.3 is 0 Å². The molecule has 0 fully saturated rings. The molecular formula is C22H16N4O3S2. The van der Waals surface area contributed by atoms with Crippen molar-refractivity contribution in [2.24, 2.45) is 10.7 Å². The van der Waals surface area contributed by atoms with Gasteiger partial charge in [-0.3, -0.25) is 9.59 Å². The SMILES string of the molecule is NC(=O)c1csc2c1SNC(c1c(O)c3ccccc3n(Cc3ccccc3)c1=O)=N2. The number of nitrogens with two attached hydrogens (primary N) is 1. The Kier molecular flexibility index (Phi) is 4.76. The maximum atomic E-state index is 13.5. The fourth-order valence-electron chi connectivity index (χ4n) is 3.54. The maximum Gasteiger partial charge on any atom is 0.266 e. The average molecular weight is 449 g/mol. The van der Waals surface area contributed by atoms with Gasteiger partial charge in [0.15, 0.2) is 5.84 Å². The Morgan fingerprint density at radius 1 is 1.13 bits per heavy atom. The fourth-order valence-corrected chi connectivity index (χ4v) is 5.46. The summed E-state index contributed by atoms with van der Waals surface area (Å²) < 4.78 is 4.63. The maximum absolute atomic E-state index is 13.5. The summed E-state index contributed by atoms with van der Waals surface area (Å²) in [6, 6.07) is 16.9. The van der Waals surface area contributed by atoms with Gasteiger partial charge in [-0.2, -0.15) is 0 Å². The summed E-state index contributed by atoms with van der Waals surface area (Å²) in [6.45, 7) is 0.351. The standard InChI is InChI=1S/C22H16N4O3S2/c23-19(28)14-11-30-21-18(14)31-25-20(24-21)16-17(27)13-8-4-5-9-15(13)26(22(16)29)10-12-6-2-1-3-7-12/h1-9,11,27H,10H2,(H2,23,28)(H,24,25). The summed E-state index contributed by atoms with van der Waals surface area (Å²) >= 11 is 2.42. The van der Waals surface area contributed by atoms with Crippen LogP contribution in [-0.2, 0) is 6.54 Å². The molecule has 0 saturated carbocycles. The highest BCUT2D eigenvalue weighted by Crippen LogP contribution is 2.41. The number of fused-ring (bicyclic) bond motifs is 2. The number of thiophene rings is 1. The van der Waals surface area contributed by atoms with Crippen molar-refractivity contribution in [3.05, 3.63) is 87.0 Å². The number of hydrogen-bond acceptors (Lipinski definition) is 7. The zero-order valence-corrected chi connectivity index (χ0v) is 17.7. The Morgan fingerprint density at radius 2 is 1.87 bits per heavy atom. The summed E-state index contributed by atoms with van der Waals surface area (Å²) in [4.78, 5) is 30.3. The number of primary amides is 1. The number of carbonyl (C=O) groups is 1. The smallest absolute Gasteiger partial charge is 0.266 e. The van der Waals surface area contributed by atoms with Crippen molar-refractivity contribution in [1.82, 2.24) is 9.29 Å². The zero-order valence-electron chi connectivity index (χ0n) is 16.0. The van der Waals surface area contributed by atoms with Gasteiger partial charge in [-0.1, -0.05) is 42.5 Å². The number of amides is 1. The molecule has 1 aliphatic rings. The van der Waals surface area contributed by atoms with E-state index in [2.05, 4.69) is 9.71 Å². The second-order valence-corrected chi connectivity index (χ2v) is 8.60. The molecule has 3 heterocycles. The van der Waals surface area contributed by atoms with E-state index in [1.807, 2.05) is 48.5 Å². The van der Waals surface area contributed by atoms with Crippen molar-refractivity contribution >= 4 is 50.9 Å². The van der Waals surface area contributed by atoms with Gasteiger partial charge in [-0.15, -0.1) is 11.3 Å². The summed E-state index contributed by atoms with van der Waals surface area (Å²) in [7, 11) is 0. The molecule has 0 bridgehead atoms. The van der Waals surface area contributed by atoms with Gasteiger partial charge in [0, 0.05) is 10.8 Å². The first-order valence-corrected chi connectivity index (χ1v) is 11.1. The summed E-state index contributed by atoms with van der Waals surface area (Å²) in [5.41, 5.74) is 7.12. The van der Waals surface area contributed by atoms with Crippen LogP contribution in [0.2, 0.25) is 0 Å². The van der Waals surface area contributed by atoms with E-state index in [0.29, 0.717) is 32.9 Å². The number of nitrogens with one attached hydrogen (secondary N) is 1. The number of pyridine rings is 1. The van der Waals surface area contributed by atoms with Gasteiger partial charge in [-0.05, 0) is 29.6 Å². The minimum atomic E-state index is -0.538. The highest BCUT2D eigenvalue weighted by atomic mass is 32.2. The lowest BCUT2D eigenvalue weighted by molar-refractivity contribution is 0.0998. The average Bonchev–Trinajstić information content (AvgIpc) is 3.21. The van der Waals surface area contributed by atoms with E-state index < -0.39 is 5.91 Å². The van der Waals surface area contributed by atoms with E-state index in [1.165, 1.54) is 11.3 Å². The second kappa shape index (κ2) is 7.60. The van der Waals surface area contributed by atoms with Crippen LogP contribution in [0.15, 0.2) is 74.7 Å². The number of benzene rings is 2. The van der Waals surface area contributed by atoms with E-state index in [9.17, 15) is 14.7 Å². The Bertz CT molecular complexity index is 1420. The summed E-state index contributed by atoms with van der Waals surface area (Å²) in [5, 5.41) is 13.8.